The summed E-state index contributed by atoms with van der Waals surface area (Å²) in [5.74, 6) is -0.739. The summed E-state index contributed by atoms with van der Waals surface area (Å²) in [6, 6.07) is 25.0. The number of amides is 3. The Hall–Kier alpha value is -8.20. The number of nitrogens with one attached hydrogen (secondary N) is 3. The molecule has 0 aliphatic carbocycles. The third kappa shape index (κ3) is 43.0. The van der Waals surface area contributed by atoms with Gasteiger partial charge in [0.1, 0.15) is 11.1 Å². The fourth-order valence-electron chi connectivity index (χ4n) is 15.9. The van der Waals surface area contributed by atoms with Gasteiger partial charge in [-0.25, -0.2) is 9.59 Å². The van der Waals surface area contributed by atoms with Gasteiger partial charge in [-0.15, -0.1) is 0 Å². The molecule has 0 unspecified atom stereocenters. The number of phenolic OH excluding ortho intramolecular Hbond substituents is 1. The van der Waals surface area contributed by atoms with Gasteiger partial charge in [-0.3, -0.25) is 14.4 Å². The van der Waals surface area contributed by atoms with Crippen molar-refractivity contribution < 1.29 is 111 Å². The average molecular weight is 1950 g/mol. The Balaban J connectivity index is 0.000000563. The predicted molar refractivity (Wildman–Crippen MR) is 561 cm³/mol. The van der Waals surface area contributed by atoms with Crippen molar-refractivity contribution in [1.29, 1.82) is 0 Å². The number of carboxylic acids is 2. The number of carboxylic acid groups (broad SMARTS) is 2. The molecule has 0 aromatic heterocycles. The number of aromatic carboxylic acids is 2. The molecule has 3 heterocycles. The van der Waals surface area contributed by atoms with Gasteiger partial charge >= 0.3 is 33.1 Å². The quantitative estimate of drug-likeness (QED) is 0.0181. The third-order valence-corrected chi connectivity index (χ3v) is 25.9. The molecule has 0 saturated carbocycles. The number of ether oxygens (including phenoxy) is 7. The topological polar surface area (TPSA) is 369 Å². The third-order valence-electron chi connectivity index (χ3n) is 22.5. The molecule has 8 rings (SSSR count). The number of benzene rings is 5. The van der Waals surface area contributed by atoms with Gasteiger partial charge in [-0.05, 0) is 299 Å². The first kappa shape index (κ1) is 125. The molecule has 3 amide bonds. The van der Waals surface area contributed by atoms with Crippen LogP contribution >= 0.6 is 0 Å². The van der Waals surface area contributed by atoms with E-state index < -0.39 is 66.0 Å². The second-order valence-electron chi connectivity index (χ2n) is 48.4. The molecule has 3 aliphatic rings. The van der Waals surface area contributed by atoms with E-state index in [-0.39, 0.29) is 118 Å². The lowest BCUT2D eigenvalue weighted by atomic mass is 9.49. The molecule has 137 heavy (non-hydrogen) atoms. The minimum Gasteiger partial charge on any atom is -0.504 e. The van der Waals surface area contributed by atoms with Crippen molar-refractivity contribution in [3.63, 3.8) is 0 Å². The number of carbonyl (C=O) groups is 5. The van der Waals surface area contributed by atoms with E-state index in [1.165, 1.54) is 36.4 Å². The summed E-state index contributed by atoms with van der Waals surface area (Å²) in [5, 5.41) is 55.6. The first-order valence-corrected chi connectivity index (χ1v) is 55.8. The molecule has 0 atom stereocenters. The van der Waals surface area contributed by atoms with E-state index in [2.05, 4.69) is 180 Å². The Morgan fingerprint density at radius 2 is 0.591 bits per heavy atom. The molecule has 774 valence electrons. The lowest BCUT2D eigenvalue weighted by Crippen LogP contribution is -2.46. The van der Waals surface area contributed by atoms with Crippen molar-refractivity contribution in [3.05, 3.63) is 113 Å². The van der Waals surface area contributed by atoms with Crippen LogP contribution in [0.25, 0.3) is 0 Å². The van der Waals surface area contributed by atoms with Gasteiger partial charge in [0, 0.05) is 38.3 Å². The molecule has 27 nitrogen and oxygen atoms in total. The zero-order chi connectivity index (χ0) is 106. The number of carbonyl (C=O) groups excluding carboxylic acids is 3. The van der Waals surface area contributed by atoms with Gasteiger partial charge in [0.05, 0.1) is 96.5 Å². The predicted octanol–water partition coefficient (Wildman–Crippen LogP) is 22.9. The Morgan fingerprint density at radius 1 is 0.343 bits per heavy atom. The van der Waals surface area contributed by atoms with Crippen LogP contribution in [0.2, 0.25) is 51.4 Å². The van der Waals surface area contributed by atoms with E-state index in [9.17, 15) is 39.3 Å². The number of phenols is 3. The van der Waals surface area contributed by atoms with E-state index in [1.807, 2.05) is 148 Å². The largest absolute Gasteiger partial charge is 0.504 e. The second-order valence-corrected chi connectivity index (χ2v) is 59.6. The van der Waals surface area contributed by atoms with Crippen molar-refractivity contribution in [2.45, 2.75) is 389 Å². The van der Waals surface area contributed by atoms with Crippen LogP contribution in [0.15, 0.2) is 84.9 Å². The highest BCUT2D eigenvalue weighted by Gasteiger charge is 2.64. The first-order chi connectivity index (χ1) is 61.9. The van der Waals surface area contributed by atoms with E-state index in [0.717, 1.165) is 43.2 Å². The molecular weight excluding hydrogens is 1770 g/mol. The van der Waals surface area contributed by atoms with Gasteiger partial charge in [-0.1, -0.05) is 147 Å². The molecule has 5 aromatic rings. The summed E-state index contributed by atoms with van der Waals surface area (Å²) in [4.78, 5) is 60.4. The van der Waals surface area contributed by atoms with Gasteiger partial charge in [0.2, 0.25) is 0 Å². The second kappa shape index (κ2) is 50.0. The molecule has 3 fully saturated rings. The van der Waals surface area contributed by atoms with Crippen molar-refractivity contribution in [1.82, 2.24) is 16.0 Å². The van der Waals surface area contributed by atoms with E-state index in [0.29, 0.717) is 91.5 Å². The summed E-state index contributed by atoms with van der Waals surface area (Å²) in [7, 11) is -4.11. The van der Waals surface area contributed by atoms with Gasteiger partial charge < -0.3 is 108 Å². The maximum absolute atomic E-state index is 13.8. The van der Waals surface area contributed by atoms with Crippen molar-refractivity contribution in [3.8, 4) is 57.5 Å². The van der Waals surface area contributed by atoms with E-state index in [4.69, 9.17) is 77.0 Å². The zero-order valence-electron chi connectivity index (χ0n) is 92.2. The number of aromatic hydroxyl groups is 3. The Bertz CT molecular complexity index is 4530. The molecule has 0 spiro atoms. The van der Waals surface area contributed by atoms with Crippen LogP contribution in [-0.4, -0.2) is 194 Å². The molecule has 5 aromatic carbocycles. The molecule has 10 N–H and O–H groups in total. The van der Waals surface area contributed by atoms with Crippen LogP contribution in [0.3, 0.4) is 0 Å². The minimum atomic E-state index is -1.33. The van der Waals surface area contributed by atoms with Gasteiger partial charge in [-0.2, -0.15) is 0 Å². The van der Waals surface area contributed by atoms with Crippen molar-refractivity contribution in [2.24, 2.45) is 27.4 Å². The number of hydrogen-bond donors (Lipinski definition) is 9. The number of rotatable bonds is 32. The Labute approximate surface area is 827 Å². The first-order valence-electron chi connectivity index (χ1n) is 48.3. The van der Waals surface area contributed by atoms with Crippen molar-refractivity contribution >= 4 is 72.4 Å². The van der Waals surface area contributed by atoms with Gasteiger partial charge in [0.25, 0.3) is 17.7 Å². The van der Waals surface area contributed by atoms with Crippen LogP contribution < -0.4 is 60.3 Å². The van der Waals surface area contributed by atoms with E-state index in [1.54, 1.807) is 32.0 Å². The number of nitrogens with two attached hydrogens (primary N) is 1. The highest BCUT2D eigenvalue weighted by atomic mass is 28.3. The summed E-state index contributed by atoms with van der Waals surface area (Å²) in [6.07, 6.45) is 3.60. The number of hydrogen-bond acceptors (Lipinski definition) is 22. The van der Waals surface area contributed by atoms with Crippen molar-refractivity contribution in [2.75, 3.05) is 46.2 Å². The highest BCUT2D eigenvalue weighted by Crippen LogP contribution is 2.45. The highest BCUT2D eigenvalue weighted by molar-refractivity contribution is 7.11. The summed E-state index contributed by atoms with van der Waals surface area (Å²) in [6.45, 7) is 93.2. The lowest BCUT2D eigenvalue weighted by molar-refractivity contribution is 0.00578. The van der Waals surface area contributed by atoms with Crippen LogP contribution in [0.4, 0.5) is 0 Å². The maximum atomic E-state index is 13.8. The summed E-state index contributed by atoms with van der Waals surface area (Å²) >= 11 is 0. The van der Waals surface area contributed by atoms with Crippen LogP contribution in [0.5, 0.6) is 57.5 Å². The smallest absolute Gasteiger partial charge is 0.494 e. The van der Waals surface area contributed by atoms with Crippen LogP contribution in [0, 0.1) is 21.7 Å². The molecular formula is C105H179B3N4O23Si2. The fraction of sp³-hybridized carbons (Fsp3) is 0.667. The standard InChI is InChI=1S/C28H50BNO5Si.C22H39NO3Si.C17H27NO3.C12H24B2O4.2C9H10O4.C8H19N/c1-14-32-22-18-20(29-34-27(7,8)28(9,10)35-29)17-21(23(22)33-15-16-36(11,12)13)24(31)30-26(5,6)19-25(2,3)4;1-10-25-18-13-11-12-17(19(18)26-14-15-27(7,8)9)20(24)23-22(5,6)16-21(2,3)4;1-7-21-13-10-8-9-12(14(13)19)15(20)18-17(5,6)11-16(2,3)4;1-9(2)10(3,4)16-13(15-9)14-17-11(5,6)12(7,8)18-14;2*1-2-13-7-5-3-4-6(8(7)10)9(11)12;1-7(2,3)6-8(4,5)9/h17-18H,14-16,19H2,1-13H3,(H,30,31);11-13H,10,14-16H2,1-9H3,(H,23,24);8-10,19H,7,11H2,1-6H3,(H,18,20);1-8H3;2*3-5,10H,2H2,1H3,(H,11,12);6,9H2,1-5H3. The average Bonchev–Trinajstić information content (AvgIpc) is 1.59. The van der Waals surface area contributed by atoms with Crippen LogP contribution in [-0.2, 0) is 27.9 Å². The SMILES string of the molecule is CC(C)(C)CC(C)(C)N.CC1(C)OB(B2OC(C)(C)C(C)(C)O2)OC1(C)C.CCOc1cc(B2OC(C)(C)C(C)(C)O2)cc(C(=O)NC(C)(C)CC(C)(C)C)c1OCC[Si](C)(C)C.CCOc1cccc(C(=O)NC(C)(C)CC(C)(C)C)c1O.CCOc1cccc(C(=O)NC(C)(C)CC(C)(C)C)c1OCC[Si](C)(C)C.CCOc1cccc(C(=O)O)c1O.CCOc1cccc(C(=O)O)c1O. The van der Waals surface area contributed by atoms with Gasteiger partial charge in [0.15, 0.2) is 57.5 Å². The Kier molecular flexibility index (Phi) is 45.5. The normalized spacial score (nSPS) is 16.0. The lowest BCUT2D eigenvalue weighted by Gasteiger charge is -2.33. The summed E-state index contributed by atoms with van der Waals surface area (Å²) < 4.78 is 75.9. The Morgan fingerprint density at radius 3 is 0.869 bits per heavy atom. The number of para-hydroxylation sites is 4. The fourth-order valence-corrected chi connectivity index (χ4v) is 17.3. The zero-order valence-corrected chi connectivity index (χ0v) is 94.2. The molecule has 32 heteroatoms. The molecule has 3 saturated heterocycles. The van der Waals surface area contributed by atoms with E-state index >= 15 is 0 Å². The molecule has 3 aliphatic heterocycles. The molecule has 0 radical (unpaired) electrons. The summed E-state index contributed by atoms with van der Waals surface area (Å²) in [5.41, 5.74) is 4.63. The molecule has 0 bridgehead atoms. The van der Waals surface area contributed by atoms with Crippen LogP contribution in [0.1, 0.15) is 334 Å². The maximum Gasteiger partial charge on any atom is 0.494 e. The monoisotopic (exact) mass is 1950 g/mol. The minimum absolute atomic E-state index is 0.0156.